The lowest BCUT2D eigenvalue weighted by Crippen LogP contribution is -2.40. The number of nitrogens with zero attached hydrogens (tertiary/aromatic N) is 2. The first-order valence-corrected chi connectivity index (χ1v) is 14.3. The standard InChI is InChI=1S/C32H30N2O7S/c1-6-39-22-10-7-20(8-11-22)28-27(31(38)40-17(2)3)19(5)33-32-34(28)29(35)26(42-32)16-23-12-14-25(41-23)24-13-9-21(30(36)37)15-18(24)4/h7-17,28H,6H2,1-5H3,(H,36,37)/b26-16+/t28-/m1/s1. The third-order valence-electron chi connectivity index (χ3n) is 6.73. The predicted molar refractivity (Wildman–Crippen MR) is 158 cm³/mol. The van der Waals surface area contributed by atoms with E-state index in [2.05, 4.69) is 4.99 Å². The highest BCUT2D eigenvalue weighted by molar-refractivity contribution is 7.07. The number of esters is 1. The zero-order valence-corrected chi connectivity index (χ0v) is 24.7. The summed E-state index contributed by atoms with van der Waals surface area (Å²) in [7, 11) is 0. The fourth-order valence-corrected chi connectivity index (χ4v) is 5.89. The zero-order chi connectivity index (χ0) is 30.1. The van der Waals surface area contributed by atoms with Crippen LogP contribution in [-0.2, 0) is 9.53 Å². The maximum atomic E-state index is 13.9. The van der Waals surface area contributed by atoms with Crippen molar-refractivity contribution in [3.8, 4) is 17.1 Å². The summed E-state index contributed by atoms with van der Waals surface area (Å²) in [5.74, 6) is 0.149. The molecule has 0 radical (unpaired) electrons. The summed E-state index contributed by atoms with van der Waals surface area (Å²) in [6.07, 6.45) is 1.30. The molecule has 1 aliphatic heterocycles. The van der Waals surface area contributed by atoms with Crippen LogP contribution < -0.4 is 19.6 Å². The summed E-state index contributed by atoms with van der Waals surface area (Å²) in [4.78, 5) is 43.6. The molecule has 0 bridgehead atoms. The van der Waals surface area contributed by atoms with Crippen molar-refractivity contribution >= 4 is 29.4 Å². The molecule has 216 valence electrons. The smallest absolute Gasteiger partial charge is 0.338 e. The van der Waals surface area contributed by atoms with Gasteiger partial charge in [0.2, 0.25) is 0 Å². The van der Waals surface area contributed by atoms with Crippen molar-refractivity contribution in [3.05, 3.63) is 108 Å². The first-order chi connectivity index (χ1) is 20.1. The average molecular weight is 587 g/mol. The van der Waals surface area contributed by atoms with Gasteiger partial charge in [-0.1, -0.05) is 29.5 Å². The predicted octanol–water partition coefficient (Wildman–Crippen LogP) is 4.85. The summed E-state index contributed by atoms with van der Waals surface area (Å²) in [6.45, 7) is 9.51. The number of ether oxygens (including phenoxy) is 2. The molecule has 42 heavy (non-hydrogen) atoms. The Kier molecular flexibility index (Phi) is 8.00. The van der Waals surface area contributed by atoms with Crippen molar-refractivity contribution in [2.45, 2.75) is 46.8 Å². The average Bonchev–Trinajstić information content (AvgIpc) is 3.52. The Morgan fingerprint density at radius 1 is 1.12 bits per heavy atom. The molecular weight excluding hydrogens is 556 g/mol. The van der Waals surface area contributed by atoms with Crippen LogP contribution in [0.25, 0.3) is 17.4 Å². The van der Waals surface area contributed by atoms with Crippen LogP contribution in [0.1, 0.15) is 61.0 Å². The molecule has 0 unspecified atom stereocenters. The zero-order valence-electron chi connectivity index (χ0n) is 23.8. The van der Waals surface area contributed by atoms with Gasteiger partial charge in [0.15, 0.2) is 4.80 Å². The fraction of sp³-hybridized carbons (Fsp3) is 0.250. The summed E-state index contributed by atoms with van der Waals surface area (Å²) >= 11 is 1.20. The van der Waals surface area contributed by atoms with Gasteiger partial charge in [0.25, 0.3) is 5.56 Å². The lowest BCUT2D eigenvalue weighted by Gasteiger charge is -2.25. The summed E-state index contributed by atoms with van der Waals surface area (Å²) in [6, 6.07) is 14.9. The van der Waals surface area contributed by atoms with Crippen LogP contribution in [0, 0.1) is 6.92 Å². The minimum absolute atomic E-state index is 0.193. The molecule has 3 heterocycles. The number of rotatable bonds is 8. The van der Waals surface area contributed by atoms with E-state index in [0.717, 1.165) is 16.7 Å². The number of fused-ring (bicyclic) bond motifs is 1. The molecule has 1 aliphatic rings. The number of aryl methyl sites for hydroxylation is 1. The van der Waals surface area contributed by atoms with Crippen LogP contribution in [0.3, 0.4) is 0 Å². The molecule has 0 amide bonds. The Morgan fingerprint density at radius 2 is 1.86 bits per heavy atom. The van der Waals surface area contributed by atoms with Gasteiger partial charge in [-0.15, -0.1) is 0 Å². The number of hydrogen-bond acceptors (Lipinski definition) is 8. The Morgan fingerprint density at radius 3 is 2.50 bits per heavy atom. The molecule has 4 aromatic rings. The van der Waals surface area contributed by atoms with Crippen molar-refractivity contribution < 1.29 is 28.6 Å². The molecule has 1 atom stereocenters. The summed E-state index contributed by atoms with van der Waals surface area (Å²) in [5.41, 5.74) is 2.87. The number of carboxylic acid groups (broad SMARTS) is 1. The largest absolute Gasteiger partial charge is 0.494 e. The van der Waals surface area contributed by atoms with E-state index in [9.17, 15) is 19.5 Å². The number of aromatic carboxylic acids is 1. The van der Waals surface area contributed by atoms with Crippen molar-refractivity contribution in [3.63, 3.8) is 0 Å². The molecule has 0 spiro atoms. The summed E-state index contributed by atoms with van der Waals surface area (Å²) < 4.78 is 19.1. The van der Waals surface area contributed by atoms with Crippen LogP contribution in [0.5, 0.6) is 5.75 Å². The van der Waals surface area contributed by atoms with Crippen LogP contribution >= 0.6 is 11.3 Å². The second-order valence-electron chi connectivity index (χ2n) is 10.1. The number of hydrogen-bond donors (Lipinski definition) is 1. The van der Waals surface area contributed by atoms with Crippen LogP contribution in [0.15, 0.2) is 80.1 Å². The lowest BCUT2D eigenvalue weighted by atomic mass is 9.96. The minimum atomic E-state index is -1.00. The molecule has 10 heteroatoms. The van der Waals surface area contributed by atoms with Crippen LogP contribution in [0.4, 0.5) is 0 Å². The SMILES string of the molecule is CCOc1ccc([C@@H]2C(C(=O)OC(C)C)=C(C)N=c3s/c(=C/c4ccc(-c5ccc(C(=O)O)cc5C)o4)c(=O)n32)cc1. The van der Waals surface area contributed by atoms with Crippen molar-refractivity contribution in [2.24, 2.45) is 4.99 Å². The lowest BCUT2D eigenvalue weighted by molar-refractivity contribution is -0.143. The third-order valence-corrected chi connectivity index (χ3v) is 7.71. The Hall–Kier alpha value is -4.70. The number of carboxylic acids is 1. The van der Waals surface area contributed by atoms with E-state index in [1.807, 2.05) is 38.1 Å². The third kappa shape index (κ3) is 5.58. The number of furan rings is 1. The van der Waals surface area contributed by atoms with Gasteiger partial charge in [0.05, 0.1) is 40.1 Å². The van der Waals surface area contributed by atoms with E-state index >= 15 is 0 Å². The molecule has 2 aromatic carbocycles. The highest BCUT2D eigenvalue weighted by Crippen LogP contribution is 2.32. The van der Waals surface area contributed by atoms with Crippen molar-refractivity contribution in [1.82, 2.24) is 4.57 Å². The van der Waals surface area contributed by atoms with Crippen LogP contribution in [0.2, 0.25) is 0 Å². The molecular formula is C32H30N2O7S. The van der Waals surface area contributed by atoms with E-state index in [-0.39, 0.29) is 17.2 Å². The van der Waals surface area contributed by atoms with E-state index in [0.29, 0.717) is 44.5 Å². The molecule has 2 aromatic heterocycles. The van der Waals surface area contributed by atoms with Crippen molar-refractivity contribution in [2.75, 3.05) is 6.61 Å². The van der Waals surface area contributed by atoms with Gasteiger partial charge in [-0.3, -0.25) is 9.36 Å². The second kappa shape index (κ2) is 11.7. The molecule has 0 fully saturated rings. The van der Waals surface area contributed by atoms with Gasteiger partial charge in [-0.2, -0.15) is 0 Å². The van der Waals surface area contributed by atoms with Gasteiger partial charge in [0.1, 0.15) is 17.3 Å². The quantitative estimate of drug-likeness (QED) is 0.293. The molecule has 0 saturated heterocycles. The minimum Gasteiger partial charge on any atom is -0.494 e. The highest BCUT2D eigenvalue weighted by atomic mass is 32.1. The Bertz CT molecular complexity index is 1890. The Labute approximate surface area is 245 Å². The number of thiazole rings is 1. The topological polar surface area (TPSA) is 120 Å². The second-order valence-corrected chi connectivity index (χ2v) is 11.1. The molecule has 9 nitrogen and oxygen atoms in total. The van der Waals surface area contributed by atoms with Gasteiger partial charge in [-0.25, -0.2) is 14.6 Å². The molecule has 0 saturated carbocycles. The molecule has 0 aliphatic carbocycles. The normalized spacial score (nSPS) is 15.0. The molecule has 1 N–H and O–H groups in total. The van der Waals surface area contributed by atoms with E-state index < -0.39 is 18.0 Å². The van der Waals surface area contributed by atoms with E-state index in [1.54, 1.807) is 51.1 Å². The monoisotopic (exact) mass is 586 g/mol. The fourth-order valence-electron chi connectivity index (χ4n) is 4.87. The number of benzene rings is 2. The molecule has 5 rings (SSSR count). The van der Waals surface area contributed by atoms with E-state index in [1.165, 1.54) is 22.0 Å². The van der Waals surface area contributed by atoms with Gasteiger partial charge < -0.3 is 19.0 Å². The highest BCUT2D eigenvalue weighted by Gasteiger charge is 2.33. The van der Waals surface area contributed by atoms with Crippen LogP contribution in [-0.4, -0.2) is 34.3 Å². The van der Waals surface area contributed by atoms with E-state index in [4.69, 9.17) is 13.9 Å². The first kappa shape index (κ1) is 28.8. The summed E-state index contributed by atoms with van der Waals surface area (Å²) in [5, 5.41) is 9.26. The maximum Gasteiger partial charge on any atom is 0.338 e. The number of allylic oxidation sites excluding steroid dienone is 1. The number of carbonyl (C=O) groups excluding carboxylic acids is 1. The first-order valence-electron chi connectivity index (χ1n) is 13.5. The van der Waals surface area contributed by atoms with Gasteiger partial charge in [-0.05, 0) is 82.1 Å². The maximum absolute atomic E-state index is 13.9. The van der Waals surface area contributed by atoms with Crippen molar-refractivity contribution in [1.29, 1.82) is 0 Å². The Balaban J connectivity index is 1.59. The number of carbonyl (C=O) groups is 2. The van der Waals surface area contributed by atoms with Gasteiger partial charge in [0, 0.05) is 11.6 Å². The van der Waals surface area contributed by atoms with Gasteiger partial charge >= 0.3 is 11.9 Å². The number of aromatic nitrogens is 1.